The number of benzene rings is 3. The molecule has 4 rings (SSSR count). The molecule has 1 N–H and O–H groups in total. The number of carbonyl (C=O) groups is 2. The molecule has 0 spiro atoms. The summed E-state index contributed by atoms with van der Waals surface area (Å²) >= 11 is 0. The minimum Gasteiger partial charge on any atom is -0.508 e. The molecular weight excluding hydrogens is 364 g/mol. The van der Waals surface area contributed by atoms with Crippen LogP contribution in [-0.2, 0) is 0 Å². The molecule has 1 aliphatic rings. The summed E-state index contributed by atoms with van der Waals surface area (Å²) in [4.78, 5) is 28.9. The van der Waals surface area contributed by atoms with Gasteiger partial charge in [-0.05, 0) is 41.5 Å². The van der Waals surface area contributed by atoms with Gasteiger partial charge in [0.15, 0.2) is 0 Å². The van der Waals surface area contributed by atoms with E-state index in [1.165, 1.54) is 12.1 Å². The van der Waals surface area contributed by atoms with E-state index in [0.29, 0.717) is 37.3 Å². The molecule has 0 aliphatic carbocycles. The predicted molar refractivity (Wildman–Crippen MR) is 112 cm³/mol. The second-order valence-electron chi connectivity index (χ2n) is 7.08. The molecule has 0 bridgehead atoms. The Morgan fingerprint density at radius 1 is 0.621 bits per heavy atom. The highest BCUT2D eigenvalue weighted by molar-refractivity contribution is 5.96. The summed E-state index contributed by atoms with van der Waals surface area (Å²) in [6.45, 7) is 1.93. The van der Waals surface area contributed by atoms with Crippen LogP contribution in [0.1, 0.15) is 20.7 Å². The number of nitrogens with zero attached hydrogens (tertiary/aromatic N) is 2. The lowest BCUT2D eigenvalue weighted by Gasteiger charge is -2.35. The Labute approximate surface area is 169 Å². The van der Waals surface area contributed by atoms with Crippen molar-refractivity contribution in [2.45, 2.75) is 0 Å². The Kier molecular flexibility index (Phi) is 5.29. The van der Waals surface area contributed by atoms with E-state index < -0.39 is 0 Å². The van der Waals surface area contributed by atoms with Crippen molar-refractivity contribution in [3.8, 4) is 16.9 Å². The monoisotopic (exact) mass is 386 g/mol. The summed E-state index contributed by atoms with van der Waals surface area (Å²) in [6.07, 6.45) is 0. The van der Waals surface area contributed by atoms with E-state index in [-0.39, 0.29) is 17.6 Å². The molecule has 0 radical (unpaired) electrons. The summed E-state index contributed by atoms with van der Waals surface area (Å²) in [6, 6.07) is 24.0. The zero-order chi connectivity index (χ0) is 20.2. The van der Waals surface area contributed by atoms with Crippen LogP contribution in [0.25, 0.3) is 11.1 Å². The van der Waals surface area contributed by atoms with E-state index >= 15 is 0 Å². The van der Waals surface area contributed by atoms with Crippen LogP contribution in [0.3, 0.4) is 0 Å². The van der Waals surface area contributed by atoms with Gasteiger partial charge in [0.05, 0.1) is 0 Å². The van der Waals surface area contributed by atoms with Gasteiger partial charge in [0, 0.05) is 37.3 Å². The Balaban J connectivity index is 1.38. The molecule has 1 aliphatic heterocycles. The van der Waals surface area contributed by atoms with E-state index in [1.807, 2.05) is 54.6 Å². The summed E-state index contributed by atoms with van der Waals surface area (Å²) in [5.74, 6) is -0.0714. The predicted octanol–water partition coefficient (Wildman–Crippen LogP) is 3.66. The molecule has 1 saturated heterocycles. The SMILES string of the molecule is O=C(c1ccc(-c2ccccc2)cc1)N1CCN(C(=O)c2cccc(O)c2)CC1. The van der Waals surface area contributed by atoms with Crippen molar-refractivity contribution in [1.29, 1.82) is 0 Å². The number of carbonyl (C=O) groups excluding carboxylic acids is 2. The lowest BCUT2D eigenvalue weighted by Crippen LogP contribution is -2.50. The molecule has 1 heterocycles. The second kappa shape index (κ2) is 8.19. The zero-order valence-electron chi connectivity index (χ0n) is 16.0. The number of phenolic OH excluding ortho intramolecular Hbond substituents is 1. The molecule has 146 valence electrons. The van der Waals surface area contributed by atoms with Crippen LogP contribution in [0.2, 0.25) is 0 Å². The number of aromatic hydroxyl groups is 1. The molecular formula is C24H22N2O3. The summed E-state index contributed by atoms with van der Waals surface area (Å²) in [5.41, 5.74) is 3.30. The first kappa shape index (κ1) is 18.7. The lowest BCUT2D eigenvalue weighted by molar-refractivity contribution is 0.0535. The highest BCUT2D eigenvalue weighted by Crippen LogP contribution is 2.20. The fourth-order valence-electron chi connectivity index (χ4n) is 3.55. The maximum atomic E-state index is 12.8. The first-order valence-corrected chi connectivity index (χ1v) is 9.65. The van der Waals surface area contributed by atoms with Crippen LogP contribution in [0.15, 0.2) is 78.9 Å². The fraction of sp³-hybridized carbons (Fsp3) is 0.167. The third kappa shape index (κ3) is 4.14. The van der Waals surface area contributed by atoms with E-state index in [9.17, 15) is 14.7 Å². The molecule has 5 heteroatoms. The minimum atomic E-state index is -0.125. The third-order valence-electron chi connectivity index (χ3n) is 5.19. The third-order valence-corrected chi connectivity index (χ3v) is 5.19. The Hall–Kier alpha value is -3.60. The van der Waals surface area contributed by atoms with Crippen LogP contribution >= 0.6 is 0 Å². The Morgan fingerprint density at radius 3 is 1.76 bits per heavy atom. The molecule has 2 amide bonds. The van der Waals surface area contributed by atoms with Crippen molar-refractivity contribution in [3.63, 3.8) is 0 Å². The number of rotatable bonds is 3. The molecule has 0 aromatic heterocycles. The van der Waals surface area contributed by atoms with Gasteiger partial charge in [-0.3, -0.25) is 9.59 Å². The maximum Gasteiger partial charge on any atom is 0.254 e. The van der Waals surface area contributed by atoms with E-state index in [0.717, 1.165) is 11.1 Å². The van der Waals surface area contributed by atoms with Crippen molar-refractivity contribution in [2.75, 3.05) is 26.2 Å². The van der Waals surface area contributed by atoms with Gasteiger partial charge in [-0.25, -0.2) is 0 Å². The average Bonchev–Trinajstić information content (AvgIpc) is 2.79. The van der Waals surface area contributed by atoms with Gasteiger partial charge in [-0.2, -0.15) is 0 Å². The van der Waals surface area contributed by atoms with Gasteiger partial charge in [0.2, 0.25) is 0 Å². The number of amides is 2. The fourth-order valence-corrected chi connectivity index (χ4v) is 3.55. The lowest BCUT2D eigenvalue weighted by atomic mass is 10.0. The average molecular weight is 386 g/mol. The Morgan fingerprint density at radius 2 is 1.17 bits per heavy atom. The molecule has 1 fully saturated rings. The van der Waals surface area contributed by atoms with Crippen molar-refractivity contribution < 1.29 is 14.7 Å². The molecule has 0 unspecified atom stereocenters. The molecule has 0 atom stereocenters. The standard InChI is InChI=1S/C24H22N2O3/c27-22-8-4-7-21(17-22)24(29)26-15-13-25(14-16-26)23(28)20-11-9-19(10-12-20)18-5-2-1-3-6-18/h1-12,17,27H,13-16H2. The van der Waals surface area contributed by atoms with Crippen LogP contribution < -0.4 is 0 Å². The van der Waals surface area contributed by atoms with E-state index in [1.54, 1.807) is 21.9 Å². The largest absolute Gasteiger partial charge is 0.508 e. The molecule has 3 aromatic carbocycles. The zero-order valence-corrected chi connectivity index (χ0v) is 16.0. The summed E-state index contributed by atoms with van der Waals surface area (Å²) < 4.78 is 0. The number of hydrogen-bond donors (Lipinski definition) is 1. The van der Waals surface area contributed by atoms with Gasteiger partial charge in [0.25, 0.3) is 11.8 Å². The minimum absolute atomic E-state index is 0.0194. The normalized spacial score (nSPS) is 13.9. The van der Waals surface area contributed by atoms with Gasteiger partial charge in [-0.15, -0.1) is 0 Å². The van der Waals surface area contributed by atoms with E-state index in [2.05, 4.69) is 0 Å². The van der Waals surface area contributed by atoms with Gasteiger partial charge < -0.3 is 14.9 Å². The number of hydrogen-bond acceptors (Lipinski definition) is 3. The molecule has 3 aromatic rings. The topological polar surface area (TPSA) is 60.9 Å². The van der Waals surface area contributed by atoms with E-state index in [4.69, 9.17) is 0 Å². The van der Waals surface area contributed by atoms with Crippen molar-refractivity contribution in [2.24, 2.45) is 0 Å². The van der Waals surface area contributed by atoms with Crippen molar-refractivity contribution >= 4 is 11.8 Å². The van der Waals surface area contributed by atoms with Gasteiger partial charge in [-0.1, -0.05) is 48.5 Å². The van der Waals surface area contributed by atoms with Crippen LogP contribution in [0.4, 0.5) is 0 Å². The number of piperazine rings is 1. The van der Waals surface area contributed by atoms with Gasteiger partial charge in [0.1, 0.15) is 5.75 Å². The Bertz CT molecular complexity index is 1010. The van der Waals surface area contributed by atoms with Crippen molar-refractivity contribution in [3.05, 3.63) is 90.0 Å². The second-order valence-corrected chi connectivity index (χ2v) is 7.08. The maximum absolute atomic E-state index is 12.8. The van der Waals surface area contributed by atoms with Crippen LogP contribution in [-0.4, -0.2) is 52.9 Å². The first-order chi connectivity index (χ1) is 14.1. The summed E-state index contributed by atoms with van der Waals surface area (Å²) in [7, 11) is 0. The molecule has 5 nitrogen and oxygen atoms in total. The molecule has 0 saturated carbocycles. The highest BCUT2D eigenvalue weighted by Gasteiger charge is 2.25. The summed E-state index contributed by atoms with van der Waals surface area (Å²) in [5, 5.41) is 9.57. The van der Waals surface area contributed by atoms with Crippen LogP contribution in [0, 0.1) is 0 Å². The first-order valence-electron chi connectivity index (χ1n) is 9.65. The number of phenols is 1. The highest BCUT2D eigenvalue weighted by atomic mass is 16.3. The quantitative estimate of drug-likeness (QED) is 0.747. The smallest absolute Gasteiger partial charge is 0.254 e. The molecule has 29 heavy (non-hydrogen) atoms. The van der Waals surface area contributed by atoms with Crippen molar-refractivity contribution in [1.82, 2.24) is 9.80 Å². The van der Waals surface area contributed by atoms with Crippen LogP contribution in [0.5, 0.6) is 5.75 Å². The van der Waals surface area contributed by atoms with Gasteiger partial charge >= 0.3 is 0 Å².